The lowest BCUT2D eigenvalue weighted by molar-refractivity contribution is -0.121. The van der Waals surface area contributed by atoms with E-state index in [2.05, 4.69) is 16.0 Å². The molecular formula is C22H21N3O4S. The highest BCUT2D eigenvalue weighted by atomic mass is 32.1. The summed E-state index contributed by atoms with van der Waals surface area (Å²) in [6.45, 7) is 3.69. The predicted octanol–water partition coefficient (Wildman–Crippen LogP) is 4.07. The van der Waals surface area contributed by atoms with Gasteiger partial charge in [0.15, 0.2) is 0 Å². The van der Waals surface area contributed by atoms with Crippen LogP contribution in [0, 0.1) is 13.8 Å². The number of benzene rings is 2. The van der Waals surface area contributed by atoms with Gasteiger partial charge in [-0.1, -0.05) is 24.3 Å². The third-order valence-corrected chi connectivity index (χ3v) is 6.35. The van der Waals surface area contributed by atoms with E-state index in [4.69, 9.17) is 4.74 Å². The van der Waals surface area contributed by atoms with E-state index in [1.54, 1.807) is 0 Å². The number of aryl methyl sites for hydroxylation is 1. The van der Waals surface area contributed by atoms with Crippen molar-refractivity contribution >= 4 is 56.3 Å². The van der Waals surface area contributed by atoms with Crippen molar-refractivity contribution in [2.45, 2.75) is 26.3 Å². The van der Waals surface area contributed by atoms with Crippen LogP contribution in [-0.4, -0.2) is 30.9 Å². The zero-order valence-electron chi connectivity index (χ0n) is 16.8. The van der Waals surface area contributed by atoms with Gasteiger partial charge in [-0.15, -0.1) is 11.3 Å². The standard InChI is InChI=1S/C22H21N3O4S/c1-11-12(2)30-21(18(11)22(28)29-3)25-17(26)10-16-20(27)24-15-9-5-7-13-6-4-8-14(23-16)19(13)15/h4-9,16,23H,10H2,1-3H3,(H,24,27)(H,25,26)/t16-/m1/s1. The molecule has 8 heteroatoms. The molecule has 154 valence electrons. The number of anilines is 3. The van der Waals surface area contributed by atoms with Crippen LogP contribution in [0.2, 0.25) is 0 Å². The van der Waals surface area contributed by atoms with E-state index in [0.717, 1.165) is 26.9 Å². The Bertz CT molecular complexity index is 1180. The molecule has 0 saturated carbocycles. The molecule has 7 nitrogen and oxygen atoms in total. The number of amides is 2. The molecule has 2 aromatic carbocycles. The van der Waals surface area contributed by atoms with Gasteiger partial charge in [0, 0.05) is 16.0 Å². The van der Waals surface area contributed by atoms with Crippen LogP contribution >= 0.6 is 11.3 Å². The Labute approximate surface area is 177 Å². The Morgan fingerprint density at radius 2 is 1.83 bits per heavy atom. The molecule has 1 aliphatic heterocycles. The number of thiophene rings is 1. The number of carbonyl (C=O) groups is 3. The Morgan fingerprint density at radius 1 is 1.13 bits per heavy atom. The maximum atomic E-state index is 12.8. The van der Waals surface area contributed by atoms with Crippen LogP contribution in [0.25, 0.3) is 10.8 Å². The van der Waals surface area contributed by atoms with Gasteiger partial charge in [-0.05, 0) is 36.9 Å². The topological polar surface area (TPSA) is 96.5 Å². The summed E-state index contributed by atoms with van der Waals surface area (Å²) in [6, 6.07) is 10.7. The zero-order valence-corrected chi connectivity index (χ0v) is 17.6. The molecule has 0 spiro atoms. The van der Waals surface area contributed by atoms with Gasteiger partial charge >= 0.3 is 5.97 Å². The minimum atomic E-state index is -0.758. The van der Waals surface area contributed by atoms with Crippen molar-refractivity contribution in [3.05, 3.63) is 52.4 Å². The third kappa shape index (κ3) is 3.50. The van der Waals surface area contributed by atoms with Gasteiger partial charge in [0.25, 0.3) is 0 Å². The largest absolute Gasteiger partial charge is 0.465 e. The summed E-state index contributed by atoms with van der Waals surface area (Å²) in [4.78, 5) is 38.6. The van der Waals surface area contributed by atoms with Crippen LogP contribution in [0.4, 0.5) is 16.4 Å². The Hall–Kier alpha value is -3.39. The lowest BCUT2D eigenvalue weighted by Gasteiger charge is -2.16. The summed E-state index contributed by atoms with van der Waals surface area (Å²) in [7, 11) is 1.30. The van der Waals surface area contributed by atoms with E-state index < -0.39 is 12.0 Å². The van der Waals surface area contributed by atoms with Crippen LogP contribution in [0.1, 0.15) is 27.2 Å². The Kier molecular flexibility index (Phi) is 5.17. The summed E-state index contributed by atoms with van der Waals surface area (Å²) in [5.41, 5.74) is 2.62. The molecule has 2 amide bonds. The van der Waals surface area contributed by atoms with Gasteiger partial charge in [-0.2, -0.15) is 0 Å². The van der Waals surface area contributed by atoms with Gasteiger partial charge in [-0.25, -0.2) is 4.79 Å². The van der Waals surface area contributed by atoms with E-state index in [9.17, 15) is 14.4 Å². The van der Waals surface area contributed by atoms with Crippen LogP contribution in [-0.2, 0) is 14.3 Å². The first-order chi connectivity index (χ1) is 14.4. The maximum Gasteiger partial charge on any atom is 0.341 e. The molecule has 30 heavy (non-hydrogen) atoms. The number of nitrogens with one attached hydrogen (secondary N) is 3. The van der Waals surface area contributed by atoms with E-state index in [1.165, 1.54) is 18.4 Å². The van der Waals surface area contributed by atoms with Crippen LogP contribution in [0.3, 0.4) is 0 Å². The highest BCUT2D eigenvalue weighted by Gasteiger charge is 2.28. The average Bonchev–Trinajstić information content (AvgIpc) is 2.91. The highest BCUT2D eigenvalue weighted by molar-refractivity contribution is 7.16. The minimum Gasteiger partial charge on any atom is -0.465 e. The molecule has 0 aliphatic carbocycles. The quantitative estimate of drug-likeness (QED) is 0.550. The molecule has 3 N–H and O–H groups in total. The van der Waals surface area contributed by atoms with Crippen molar-refractivity contribution in [1.29, 1.82) is 0 Å². The summed E-state index contributed by atoms with van der Waals surface area (Å²) < 4.78 is 4.84. The van der Waals surface area contributed by atoms with Crippen molar-refractivity contribution in [3.8, 4) is 0 Å². The fourth-order valence-electron chi connectivity index (χ4n) is 3.61. The number of hydrogen-bond acceptors (Lipinski definition) is 6. The van der Waals surface area contributed by atoms with Crippen molar-refractivity contribution in [1.82, 2.24) is 0 Å². The summed E-state index contributed by atoms with van der Waals surface area (Å²) in [6.07, 6.45) is -0.0905. The van der Waals surface area contributed by atoms with Gasteiger partial charge in [-0.3, -0.25) is 9.59 Å². The maximum absolute atomic E-state index is 12.8. The molecular weight excluding hydrogens is 402 g/mol. The number of methoxy groups -OCH3 is 1. The lowest BCUT2D eigenvalue weighted by Crippen LogP contribution is -2.36. The first-order valence-electron chi connectivity index (χ1n) is 9.46. The van der Waals surface area contributed by atoms with Gasteiger partial charge in [0.1, 0.15) is 11.0 Å². The summed E-state index contributed by atoms with van der Waals surface area (Å²) >= 11 is 1.31. The fraction of sp³-hybridized carbons (Fsp3) is 0.227. The molecule has 1 aromatic heterocycles. The minimum absolute atomic E-state index is 0.0905. The summed E-state index contributed by atoms with van der Waals surface area (Å²) in [5, 5.41) is 11.2. The zero-order chi connectivity index (χ0) is 21.4. The van der Waals surface area contributed by atoms with Crippen molar-refractivity contribution in [2.24, 2.45) is 0 Å². The lowest BCUT2D eigenvalue weighted by atomic mass is 10.1. The molecule has 4 rings (SSSR count). The first-order valence-corrected chi connectivity index (χ1v) is 10.3. The second kappa shape index (κ2) is 7.79. The normalized spacial score (nSPS) is 15.2. The van der Waals surface area contributed by atoms with Crippen molar-refractivity contribution < 1.29 is 19.1 Å². The highest BCUT2D eigenvalue weighted by Crippen LogP contribution is 2.35. The van der Waals surface area contributed by atoms with Crippen LogP contribution in [0.5, 0.6) is 0 Å². The number of ether oxygens (including phenoxy) is 1. The monoisotopic (exact) mass is 423 g/mol. The second-order valence-electron chi connectivity index (χ2n) is 7.13. The summed E-state index contributed by atoms with van der Waals surface area (Å²) in [5.74, 6) is -1.16. The van der Waals surface area contributed by atoms with Gasteiger partial charge in [0.2, 0.25) is 11.8 Å². The number of rotatable bonds is 4. The predicted molar refractivity (Wildman–Crippen MR) is 118 cm³/mol. The molecule has 0 unspecified atom stereocenters. The van der Waals surface area contributed by atoms with E-state index >= 15 is 0 Å². The third-order valence-electron chi connectivity index (χ3n) is 5.23. The first kappa shape index (κ1) is 19.9. The molecule has 1 atom stereocenters. The van der Waals surface area contributed by atoms with Gasteiger partial charge in [0.05, 0.1) is 24.8 Å². The SMILES string of the molecule is COC(=O)c1c(NC(=O)C[C@H]2Nc3cccc4cccc(c34)NC2=O)sc(C)c1C. The van der Waals surface area contributed by atoms with Crippen molar-refractivity contribution in [2.75, 3.05) is 23.1 Å². The molecule has 3 aromatic rings. The molecule has 0 radical (unpaired) electrons. The van der Waals surface area contributed by atoms with Crippen LogP contribution < -0.4 is 16.0 Å². The Morgan fingerprint density at radius 3 is 2.53 bits per heavy atom. The smallest absolute Gasteiger partial charge is 0.341 e. The average molecular weight is 423 g/mol. The number of hydrogen-bond donors (Lipinski definition) is 3. The van der Waals surface area contributed by atoms with E-state index in [-0.39, 0.29) is 18.2 Å². The molecule has 1 aliphatic rings. The van der Waals surface area contributed by atoms with Crippen molar-refractivity contribution in [3.63, 3.8) is 0 Å². The second-order valence-corrected chi connectivity index (χ2v) is 8.35. The molecule has 0 bridgehead atoms. The fourth-order valence-corrected chi connectivity index (χ4v) is 4.67. The molecule has 0 saturated heterocycles. The van der Waals surface area contributed by atoms with Gasteiger partial charge < -0.3 is 20.7 Å². The van der Waals surface area contributed by atoms with E-state index in [0.29, 0.717) is 16.3 Å². The van der Waals surface area contributed by atoms with E-state index in [1.807, 2.05) is 50.2 Å². The molecule has 2 heterocycles. The number of esters is 1. The number of carbonyl (C=O) groups excluding carboxylic acids is 3. The molecule has 0 fully saturated rings. The Balaban J connectivity index is 1.57. The van der Waals surface area contributed by atoms with Crippen LogP contribution in [0.15, 0.2) is 36.4 Å².